The molecule has 1 amide bonds. The van der Waals surface area contributed by atoms with Gasteiger partial charge in [-0.3, -0.25) is 4.79 Å². The average molecular weight is 287 g/mol. The molecule has 18 heavy (non-hydrogen) atoms. The highest BCUT2D eigenvalue weighted by Crippen LogP contribution is 2.26. The molecular formula is C12H15ClN2O2S. The van der Waals surface area contributed by atoms with Crippen LogP contribution in [-0.2, 0) is 9.53 Å². The summed E-state index contributed by atoms with van der Waals surface area (Å²) in [6.45, 7) is 3.33. The molecule has 1 atom stereocenters. The number of amides is 1. The molecule has 1 aromatic rings. The molecule has 98 valence electrons. The Morgan fingerprint density at radius 1 is 1.61 bits per heavy atom. The number of carbonyl (C=O) groups excluding carboxylic acids is 1. The van der Waals surface area contributed by atoms with E-state index in [-0.39, 0.29) is 11.2 Å². The molecule has 0 aromatic heterocycles. The minimum atomic E-state index is -0.131. The van der Waals surface area contributed by atoms with Gasteiger partial charge in [0.15, 0.2) is 0 Å². The fourth-order valence-electron chi connectivity index (χ4n) is 1.52. The second-order valence-electron chi connectivity index (χ2n) is 4.16. The van der Waals surface area contributed by atoms with Crippen molar-refractivity contribution >= 4 is 40.6 Å². The van der Waals surface area contributed by atoms with Crippen LogP contribution in [0.3, 0.4) is 0 Å². The number of anilines is 2. The van der Waals surface area contributed by atoms with Crippen LogP contribution in [0.5, 0.6) is 0 Å². The lowest BCUT2D eigenvalue weighted by Gasteiger charge is -2.27. The smallest absolute Gasteiger partial charge is 0.237 e. The van der Waals surface area contributed by atoms with Gasteiger partial charge in [-0.05, 0) is 25.1 Å². The van der Waals surface area contributed by atoms with Crippen LogP contribution in [-0.4, -0.2) is 29.6 Å². The van der Waals surface area contributed by atoms with Crippen molar-refractivity contribution in [2.24, 2.45) is 0 Å². The first-order chi connectivity index (χ1) is 8.56. The lowest BCUT2D eigenvalue weighted by atomic mass is 10.2. The summed E-state index contributed by atoms with van der Waals surface area (Å²) >= 11 is 7.42. The van der Waals surface area contributed by atoms with Gasteiger partial charge >= 0.3 is 0 Å². The molecule has 0 saturated carbocycles. The SMILES string of the molecule is CC(SC1COC1)C(=O)Nc1ccc(Cl)cc1N. The van der Waals surface area contributed by atoms with Crippen LogP contribution >= 0.6 is 23.4 Å². The Labute approximate surface area is 115 Å². The molecule has 0 bridgehead atoms. The third-order valence-electron chi connectivity index (χ3n) is 2.64. The number of halogens is 1. The predicted molar refractivity (Wildman–Crippen MR) is 76.2 cm³/mol. The molecule has 6 heteroatoms. The van der Waals surface area contributed by atoms with Gasteiger partial charge in [0.2, 0.25) is 5.91 Å². The van der Waals surface area contributed by atoms with E-state index in [1.54, 1.807) is 30.0 Å². The fraction of sp³-hybridized carbons (Fsp3) is 0.417. The zero-order chi connectivity index (χ0) is 13.1. The molecular weight excluding hydrogens is 272 g/mol. The number of ether oxygens (including phenoxy) is 1. The van der Waals surface area contributed by atoms with Crippen LogP contribution in [0, 0.1) is 0 Å². The third kappa shape index (κ3) is 3.31. The maximum atomic E-state index is 12.0. The largest absolute Gasteiger partial charge is 0.397 e. The molecule has 0 spiro atoms. The van der Waals surface area contributed by atoms with E-state index in [2.05, 4.69) is 5.32 Å². The fourth-order valence-corrected chi connectivity index (χ4v) is 2.81. The molecule has 1 saturated heterocycles. The van der Waals surface area contributed by atoms with Gasteiger partial charge in [-0.2, -0.15) is 0 Å². The summed E-state index contributed by atoms with van der Waals surface area (Å²) < 4.78 is 5.08. The molecule has 4 nitrogen and oxygen atoms in total. The van der Waals surface area contributed by atoms with E-state index in [0.717, 1.165) is 13.2 Å². The highest BCUT2D eigenvalue weighted by Gasteiger charge is 2.25. The second-order valence-corrected chi connectivity index (χ2v) is 6.24. The molecule has 1 fully saturated rings. The maximum absolute atomic E-state index is 12.0. The van der Waals surface area contributed by atoms with Gasteiger partial charge in [0.05, 0.1) is 35.1 Å². The van der Waals surface area contributed by atoms with Gasteiger partial charge < -0.3 is 15.8 Å². The van der Waals surface area contributed by atoms with Crippen molar-refractivity contribution in [3.8, 4) is 0 Å². The standard InChI is InChI=1S/C12H15ClN2O2S/c1-7(18-9-5-17-6-9)12(16)15-11-3-2-8(13)4-10(11)14/h2-4,7,9H,5-6,14H2,1H3,(H,15,16). The summed E-state index contributed by atoms with van der Waals surface area (Å²) in [6, 6.07) is 5.03. The number of hydrogen-bond acceptors (Lipinski definition) is 4. The minimum Gasteiger partial charge on any atom is -0.397 e. The quantitative estimate of drug-likeness (QED) is 0.834. The Kier molecular flexibility index (Phi) is 4.37. The van der Waals surface area contributed by atoms with E-state index in [1.807, 2.05) is 6.92 Å². The second kappa shape index (κ2) is 5.82. The number of hydrogen-bond donors (Lipinski definition) is 2. The number of nitrogen functional groups attached to an aromatic ring is 1. The average Bonchev–Trinajstić information content (AvgIpc) is 2.27. The van der Waals surface area contributed by atoms with E-state index in [1.165, 1.54) is 0 Å². The van der Waals surface area contributed by atoms with Crippen molar-refractivity contribution in [2.75, 3.05) is 24.3 Å². The third-order valence-corrected chi connectivity index (χ3v) is 4.16. The van der Waals surface area contributed by atoms with Gasteiger partial charge in [-0.1, -0.05) is 11.6 Å². The number of rotatable bonds is 4. The minimum absolute atomic E-state index is 0.0547. The topological polar surface area (TPSA) is 64.3 Å². The Hall–Kier alpha value is -0.910. The lowest BCUT2D eigenvalue weighted by molar-refractivity contribution is -0.115. The molecule has 1 heterocycles. The lowest BCUT2D eigenvalue weighted by Crippen LogP contribution is -2.34. The van der Waals surface area contributed by atoms with E-state index in [9.17, 15) is 4.79 Å². The number of nitrogens with two attached hydrogens (primary N) is 1. The summed E-state index contributed by atoms with van der Waals surface area (Å²) in [5.41, 5.74) is 6.85. The van der Waals surface area contributed by atoms with Crippen LogP contribution in [0.4, 0.5) is 11.4 Å². The van der Waals surface area contributed by atoms with Gasteiger partial charge in [0.1, 0.15) is 0 Å². The van der Waals surface area contributed by atoms with Crippen LogP contribution in [0.25, 0.3) is 0 Å². The Morgan fingerprint density at radius 3 is 2.89 bits per heavy atom. The first kappa shape index (κ1) is 13.5. The highest BCUT2D eigenvalue weighted by molar-refractivity contribution is 8.01. The van der Waals surface area contributed by atoms with Crippen molar-refractivity contribution in [1.82, 2.24) is 0 Å². The first-order valence-corrected chi connectivity index (χ1v) is 6.97. The Morgan fingerprint density at radius 2 is 2.33 bits per heavy atom. The van der Waals surface area contributed by atoms with E-state index < -0.39 is 0 Å². The number of thioether (sulfide) groups is 1. The number of nitrogens with one attached hydrogen (secondary N) is 1. The van der Waals surface area contributed by atoms with Crippen molar-refractivity contribution in [1.29, 1.82) is 0 Å². The van der Waals surface area contributed by atoms with Crippen LogP contribution in [0.15, 0.2) is 18.2 Å². The highest BCUT2D eigenvalue weighted by atomic mass is 35.5. The van der Waals surface area contributed by atoms with E-state index in [0.29, 0.717) is 21.6 Å². The Balaban J connectivity index is 1.92. The van der Waals surface area contributed by atoms with Crippen LogP contribution in [0.1, 0.15) is 6.92 Å². The van der Waals surface area contributed by atoms with Crippen LogP contribution in [0.2, 0.25) is 5.02 Å². The van der Waals surface area contributed by atoms with E-state index in [4.69, 9.17) is 22.1 Å². The van der Waals surface area contributed by atoms with Crippen molar-refractivity contribution in [3.63, 3.8) is 0 Å². The molecule has 0 radical (unpaired) electrons. The van der Waals surface area contributed by atoms with E-state index >= 15 is 0 Å². The molecule has 0 aliphatic carbocycles. The summed E-state index contributed by atoms with van der Waals surface area (Å²) in [7, 11) is 0. The van der Waals surface area contributed by atoms with Crippen molar-refractivity contribution < 1.29 is 9.53 Å². The van der Waals surface area contributed by atoms with Gasteiger partial charge in [-0.15, -0.1) is 11.8 Å². The normalized spacial score (nSPS) is 17.0. The van der Waals surface area contributed by atoms with Crippen molar-refractivity contribution in [3.05, 3.63) is 23.2 Å². The summed E-state index contributed by atoms with van der Waals surface area (Å²) in [5.74, 6) is -0.0547. The zero-order valence-electron chi connectivity index (χ0n) is 9.98. The molecule has 1 aliphatic heterocycles. The van der Waals surface area contributed by atoms with Gasteiger partial charge in [0.25, 0.3) is 0 Å². The summed E-state index contributed by atoms with van der Waals surface area (Å²) in [5, 5.41) is 3.66. The maximum Gasteiger partial charge on any atom is 0.237 e. The number of carbonyl (C=O) groups is 1. The van der Waals surface area contributed by atoms with Crippen LogP contribution < -0.4 is 11.1 Å². The molecule has 2 rings (SSSR count). The summed E-state index contributed by atoms with van der Waals surface area (Å²) in [4.78, 5) is 12.0. The molecule has 1 aliphatic rings. The monoisotopic (exact) mass is 286 g/mol. The molecule has 1 unspecified atom stereocenters. The number of benzene rings is 1. The van der Waals surface area contributed by atoms with Gasteiger partial charge in [0, 0.05) is 5.02 Å². The first-order valence-electron chi connectivity index (χ1n) is 5.65. The molecule has 1 aromatic carbocycles. The molecule has 3 N–H and O–H groups in total. The van der Waals surface area contributed by atoms with Crippen molar-refractivity contribution in [2.45, 2.75) is 17.4 Å². The summed E-state index contributed by atoms with van der Waals surface area (Å²) in [6.07, 6.45) is 0. The predicted octanol–water partition coefficient (Wildman–Crippen LogP) is 2.38. The Bertz CT molecular complexity index is 452. The van der Waals surface area contributed by atoms with Gasteiger partial charge in [-0.25, -0.2) is 0 Å². The zero-order valence-corrected chi connectivity index (χ0v) is 11.6.